The van der Waals surface area contributed by atoms with E-state index >= 15 is 0 Å². The van der Waals surface area contributed by atoms with Crippen molar-refractivity contribution in [3.8, 4) is 18.1 Å². The van der Waals surface area contributed by atoms with Crippen LogP contribution in [0.3, 0.4) is 0 Å². The zero-order chi connectivity index (χ0) is 13.5. The van der Waals surface area contributed by atoms with Gasteiger partial charge in [0.05, 0.1) is 6.10 Å². The molecular weight excluding hydrogens is 238 g/mol. The van der Waals surface area contributed by atoms with Gasteiger partial charge in [0.2, 0.25) is 0 Å². The summed E-state index contributed by atoms with van der Waals surface area (Å²) in [6.45, 7) is 4.08. The quantitative estimate of drug-likeness (QED) is 0.823. The Morgan fingerprint density at radius 3 is 3.11 bits per heavy atom. The van der Waals surface area contributed by atoms with Gasteiger partial charge in [-0.3, -0.25) is 0 Å². The Balaban J connectivity index is 1.89. The van der Waals surface area contributed by atoms with E-state index in [-0.39, 0.29) is 0 Å². The molecule has 2 atom stereocenters. The second-order valence-corrected chi connectivity index (χ2v) is 4.88. The maximum Gasteiger partial charge on any atom is 0.148 e. The van der Waals surface area contributed by atoms with Crippen molar-refractivity contribution in [3.63, 3.8) is 0 Å². The summed E-state index contributed by atoms with van der Waals surface area (Å²) in [7, 11) is 0. The van der Waals surface area contributed by atoms with E-state index in [1.54, 1.807) is 0 Å². The first kappa shape index (κ1) is 13.9. The van der Waals surface area contributed by atoms with Crippen LogP contribution in [-0.2, 0) is 11.3 Å². The van der Waals surface area contributed by atoms with E-state index in [9.17, 15) is 0 Å². The van der Waals surface area contributed by atoms with E-state index in [4.69, 9.17) is 15.9 Å². The van der Waals surface area contributed by atoms with Gasteiger partial charge in [0, 0.05) is 24.8 Å². The van der Waals surface area contributed by atoms with Crippen molar-refractivity contribution in [2.24, 2.45) is 0 Å². The van der Waals surface area contributed by atoms with Crippen LogP contribution in [0.5, 0.6) is 5.75 Å². The Morgan fingerprint density at radius 1 is 1.47 bits per heavy atom. The Labute approximate surface area is 115 Å². The highest BCUT2D eigenvalue weighted by atomic mass is 16.5. The maximum absolute atomic E-state index is 5.55. The Kier molecular flexibility index (Phi) is 5.26. The zero-order valence-corrected chi connectivity index (χ0v) is 11.4. The number of ether oxygens (including phenoxy) is 2. The maximum atomic E-state index is 5.55. The summed E-state index contributed by atoms with van der Waals surface area (Å²) < 4.78 is 11.1. The summed E-state index contributed by atoms with van der Waals surface area (Å²) in [4.78, 5) is 0. The normalized spacial score (nSPS) is 22.7. The Morgan fingerprint density at radius 2 is 2.32 bits per heavy atom. The molecule has 3 nitrogen and oxygen atoms in total. The first-order valence-corrected chi connectivity index (χ1v) is 6.78. The monoisotopic (exact) mass is 259 g/mol. The second kappa shape index (κ2) is 7.18. The van der Waals surface area contributed by atoms with E-state index < -0.39 is 0 Å². The molecule has 1 heterocycles. The molecule has 3 heteroatoms. The Bertz CT molecular complexity index is 439. The van der Waals surface area contributed by atoms with Crippen molar-refractivity contribution in [2.75, 3.05) is 13.2 Å². The number of nitrogens with one attached hydrogen (secondary N) is 1. The fraction of sp³-hybridized carbons (Fsp3) is 0.500. The van der Waals surface area contributed by atoms with Crippen molar-refractivity contribution in [3.05, 3.63) is 29.8 Å². The lowest BCUT2D eigenvalue weighted by atomic mass is 10.0. The molecule has 0 amide bonds. The second-order valence-electron chi connectivity index (χ2n) is 4.88. The SMILES string of the molecule is C#CCOc1ccccc1CNC1CCOC(C)C1. The van der Waals surface area contributed by atoms with Crippen LogP contribution < -0.4 is 10.1 Å². The zero-order valence-electron chi connectivity index (χ0n) is 11.4. The molecule has 0 aromatic heterocycles. The molecule has 1 aliphatic heterocycles. The van der Waals surface area contributed by atoms with E-state index in [0.29, 0.717) is 18.8 Å². The minimum absolute atomic E-state index is 0.311. The van der Waals surface area contributed by atoms with Crippen LogP contribution in [0.25, 0.3) is 0 Å². The van der Waals surface area contributed by atoms with Crippen LogP contribution in [0, 0.1) is 12.3 Å². The van der Waals surface area contributed by atoms with Gasteiger partial charge in [0.1, 0.15) is 12.4 Å². The van der Waals surface area contributed by atoms with Crippen molar-refractivity contribution < 1.29 is 9.47 Å². The first-order chi connectivity index (χ1) is 9.29. The van der Waals surface area contributed by atoms with Crippen LogP contribution >= 0.6 is 0 Å². The predicted molar refractivity (Wildman–Crippen MR) is 76.0 cm³/mol. The van der Waals surface area contributed by atoms with E-state index in [1.807, 2.05) is 18.2 Å². The average molecular weight is 259 g/mol. The molecule has 2 rings (SSSR count). The first-order valence-electron chi connectivity index (χ1n) is 6.78. The molecule has 0 spiro atoms. The van der Waals surface area contributed by atoms with Crippen molar-refractivity contribution in [2.45, 2.75) is 38.5 Å². The third kappa shape index (κ3) is 4.27. The van der Waals surface area contributed by atoms with Gasteiger partial charge in [0.25, 0.3) is 0 Å². The fourth-order valence-corrected chi connectivity index (χ4v) is 2.35. The van der Waals surface area contributed by atoms with E-state index in [1.165, 1.54) is 0 Å². The van der Waals surface area contributed by atoms with Crippen LogP contribution in [-0.4, -0.2) is 25.4 Å². The van der Waals surface area contributed by atoms with Crippen LogP contribution in [0.1, 0.15) is 25.3 Å². The van der Waals surface area contributed by atoms with Crippen LogP contribution in [0.15, 0.2) is 24.3 Å². The largest absolute Gasteiger partial charge is 0.481 e. The van der Waals surface area contributed by atoms with Gasteiger partial charge in [-0.15, -0.1) is 6.42 Å². The molecule has 1 aromatic rings. The van der Waals surface area contributed by atoms with Gasteiger partial charge in [-0.1, -0.05) is 24.1 Å². The standard InChI is InChI=1S/C16H21NO2/c1-3-9-19-16-7-5-4-6-14(16)12-17-15-8-10-18-13(2)11-15/h1,4-7,13,15,17H,8-12H2,2H3. The van der Waals surface area contributed by atoms with Crippen LogP contribution in [0.4, 0.5) is 0 Å². The summed E-state index contributed by atoms with van der Waals surface area (Å²) in [5.41, 5.74) is 1.15. The third-order valence-corrected chi connectivity index (χ3v) is 3.35. The number of hydrogen-bond donors (Lipinski definition) is 1. The summed E-state index contributed by atoms with van der Waals surface area (Å²) in [5, 5.41) is 3.57. The van der Waals surface area contributed by atoms with Gasteiger partial charge in [-0.2, -0.15) is 0 Å². The lowest BCUT2D eigenvalue weighted by Gasteiger charge is -2.28. The van der Waals surface area contributed by atoms with E-state index in [0.717, 1.165) is 37.3 Å². The summed E-state index contributed by atoms with van der Waals surface area (Å²) in [5.74, 6) is 3.36. The molecule has 102 valence electrons. The minimum atomic E-state index is 0.311. The van der Waals surface area contributed by atoms with Gasteiger partial charge < -0.3 is 14.8 Å². The molecular formula is C16H21NO2. The third-order valence-electron chi connectivity index (χ3n) is 3.35. The molecule has 19 heavy (non-hydrogen) atoms. The highest BCUT2D eigenvalue weighted by Gasteiger charge is 2.18. The van der Waals surface area contributed by atoms with Crippen molar-refractivity contribution in [1.29, 1.82) is 0 Å². The average Bonchev–Trinajstić information content (AvgIpc) is 2.44. The number of benzene rings is 1. The molecule has 1 aliphatic rings. The summed E-state index contributed by atoms with van der Waals surface area (Å²) >= 11 is 0. The lowest BCUT2D eigenvalue weighted by molar-refractivity contribution is 0.0130. The van der Waals surface area contributed by atoms with Gasteiger partial charge in [-0.25, -0.2) is 0 Å². The number of hydrogen-bond acceptors (Lipinski definition) is 3. The summed E-state index contributed by atoms with van der Waals surface area (Å²) in [6.07, 6.45) is 7.70. The topological polar surface area (TPSA) is 30.5 Å². The molecule has 0 radical (unpaired) electrons. The van der Waals surface area contributed by atoms with Crippen molar-refractivity contribution in [1.82, 2.24) is 5.32 Å². The van der Waals surface area contributed by atoms with Gasteiger partial charge in [0.15, 0.2) is 0 Å². The predicted octanol–water partition coefficient (Wildman–Crippen LogP) is 2.36. The number of rotatable bonds is 5. The summed E-state index contributed by atoms with van der Waals surface area (Å²) in [6, 6.07) is 8.53. The molecule has 1 fully saturated rings. The Hall–Kier alpha value is -1.50. The van der Waals surface area contributed by atoms with Crippen molar-refractivity contribution >= 4 is 0 Å². The van der Waals surface area contributed by atoms with Crippen LogP contribution in [0.2, 0.25) is 0 Å². The molecule has 0 saturated carbocycles. The lowest BCUT2D eigenvalue weighted by Crippen LogP contribution is -2.37. The minimum Gasteiger partial charge on any atom is -0.481 e. The molecule has 1 aromatic carbocycles. The highest BCUT2D eigenvalue weighted by molar-refractivity contribution is 5.33. The molecule has 0 aliphatic carbocycles. The van der Waals surface area contributed by atoms with E-state index in [2.05, 4.69) is 24.2 Å². The smallest absolute Gasteiger partial charge is 0.148 e. The number of terminal acetylenes is 1. The molecule has 0 bridgehead atoms. The molecule has 1 saturated heterocycles. The highest BCUT2D eigenvalue weighted by Crippen LogP contribution is 2.19. The van der Waals surface area contributed by atoms with Gasteiger partial charge >= 0.3 is 0 Å². The number of para-hydroxylation sites is 1. The van der Waals surface area contributed by atoms with Gasteiger partial charge in [-0.05, 0) is 25.8 Å². The fourth-order valence-electron chi connectivity index (χ4n) is 2.35. The molecule has 1 N–H and O–H groups in total. The molecule has 2 unspecified atom stereocenters.